The summed E-state index contributed by atoms with van der Waals surface area (Å²) in [5.74, 6) is 1.40. The summed E-state index contributed by atoms with van der Waals surface area (Å²) in [5, 5.41) is 31.3. The molecule has 0 saturated carbocycles. The molecule has 15 aromatic rings. The minimum absolute atomic E-state index is 0.434. The molecule has 0 spiro atoms. The van der Waals surface area contributed by atoms with Crippen LogP contribution in [0.2, 0.25) is 0 Å². The quantitative estimate of drug-likeness (QED) is 0.165. The van der Waals surface area contributed by atoms with Crippen LogP contribution in [0.15, 0.2) is 212 Å². The number of benzene rings is 10. The standard InChI is InChI=1S/C65H35N7S2/c66-36-41-16-4-5-17-43(41)50-35-40(27-31-54(50)72-53-23-11-7-21-49(53)60-56(72)33-29-47-45-19-9-13-25-58(45)74-62(47)60)65-69-63(38-14-2-1-3-15-38)68-64(70-65)39-26-30-51(42(34-39)37-67)71-52-22-10-6-20-48(52)59-55(71)32-28-46-44-18-8-12-24-57(44)73-61(46)59/h1-35H. The Hall–Kier alpha value is -9.77. The number of rotatable bonds is 6. The molecule has 0 radical (unpaired) electrons. The molecular weight excluding hydrogens is 943 g/mol. The van der Waals surface area contributed by atoms with Crippen molar-refractivity contribution >= 4 is 107 Å². The summed E-state index contributed by atoms with van der Waals surface area (Å²) < 4.78 is 9.53. The Morgan fingerprint density at radius 2 is 0.811 bits per heavy atom. The van der Waals surface area contributed by atoms with Crippen LogP contribution >= 0.6 is 22.7 Å². The molecule has 0 amide bonds. The van der Waals surface area contributed by atoms with Crippen molar-refractivity contribution < 1.29 is 0 Å². The van der Waals surface area contributed by atoms with E-state index in [2.05, 4.69) is 161 Å². The van der Waals surface area contributed by atoms with Gasteiger partial charge in [0, 0.05) is 89.7 Å². The van der Waals surface area contributed by atoms with E-state index in [0.29, 0.717) is 34.2 Å². The van der Waals surface area contributed by atoms with E-state index < -0.39 is 0 Å². The Balaban J connectivity index is 0.927. The second-order valence-corrected chi connectivity index (χ2v) is 20.6. The molecule has 15 rings (SSSR count). The first-order valence-corrected chi connectivity index (χ1v) is 25.9. The van der Waals surface area contributed by atoms with Gasteiger partial charge in [-0.3, -0.25) is 0 Å². The summed E-state index contributed by atoms with van der Waals surface area (Å²) in [6.07, 6.45) is 0. The molecule has 0 unspecified atom stereocenters. The Labute approximate surface area is 431 Å². The zero-order chi connectivity index (χ0) is 49.0. The van der Waals surface area contributed by atoms with Gasteiger partial charge in [0.1, 0.15) is 6.07 Å². The lowest BCUT2D eigenvalue weighted by Crippen LogP contribution is -2.03. The monoisotopic (exact) mass is 977 g/mol. The number of para-hydroxylation sites is 2. The minimum Gasteiger partial charge on any atom is -0.309 e. The Morgan fingerprint density at radius 3 is 1.41 bits per heavy atom. The van der Waals surface area contributed by atoms with E-state index in [0.717, 1.165) is 66.5 Å². The van der Waals surface area contributed by atoms with Crippen molar-refractivity contribution in [2.75, 3.05) is 0 Å². The van der Waals surface area contributed by atoms with Crippen LogP contribution in [0.25, 0.3) is 141 Å². The molecule has 5 aromatic heterocycles. The van der Waals surface area contributed by atoms with Gasteiger partial charge >= 0.3 is 0 Å². The van der Waals surface area contributed by atoms with Crippen molar-refractivity contribution in [1.29, 1.82) is 10.5 Å². The van der Waals surface area contributed by atoms with Gasteiger partial charge in [0.2, 0.25) is 0 Å². The first kappa shape index (κ1) is 42.0. The van der Waals surface area contributed by atoms with Crippen LogP contribution in [0.5, 0.6) is 0 Å². The lowest BCUT2D eigenvalue weighted by atomic mass is 9.96. The predicted octanol–water partition coefficient (Wildman–Crippen LogP) is 17.2. The van der Waals surface area contributed by atoms with Gasteiger partial charge in [-0.25, -0.2) is 15.0 Å². The van der Waals surface area contributed by atoms with Gasteiger partial charge in [-0.05, 0) is 78.9 Å². The average Bonchev–Trinajstić information content (AvgIpc) is 4.23. The highest BCUT2D eigenvalue weighted by Crippen LogP contribution is 2.47. The number of nitrogens with zero attached hydrogens (tertiary/aromatic N) is 7. The summed E-state index contributed by atoms with van der Waals surface area (Å²) in [6.45, 7) is 0. The van der Waals surface area contributed by atoms with Crippen LogP contribution in [0.4, 0.5) is 0 Å². The van der Waals surface area contributed by atoms with Gasteiger partial charge in [-0.2, -0.15) is 10.5 Å². The number of thiophene rings is 2. The molecule has 10 aromatic carbocycles. The first-order chi connectivity index (χ1) is 36.6. The molecule has 342 valence electrons. The van der Waals surface area contributed by atoms with Crippen LogP contribution in [0.3, 0.4) is 0 Å². The average molecular weight is 978 g/mol. The zero-order valence-electron chi connectivity index (χ0n) is 39.2. The predicted molar refractivity (Wildman–Crippen MR) is 305 cm³/mol. The highest BCUT2D eigenvalue weighted by atomic mass is 32.1. The molecule has 74 heavy (non-hydrogen) atoms. The summed E-state index contributed by atoms with van der Waals surface area (Å²) >= 11 is 3.64. The molecule has 5 heterocycles. The molecule has 9 heteroatoms. The SMILES string of the molecule is N#Cc1ccccc1-c1cc(-c2nc(-c3ccccc3)nc(-c3ccc(-n4c5ccccc5c5c6sc7ccccc7c6ccc54)c(C#N)c3)n2)ccc1-n1c2ccccc2c2c3sc4ccccc4c3ccc21. The van der Waals surface area contributed by atoms with Crippen LogP contribution < -0.4 is 0 Å². The smallest absolute Gasteiger partial charge is 0.164 e. The third-order valence-electron chi connectivity index (χ3n) is 14.5. The van der Waals surface area contributed by atoms with Gasteiger partial charge in [-0.1, -0.05) is 133 Å². The molecule has 0 atom stereocenters. The molecule has 0 aliphatic carbocycles. The summed E-state index contributed by atoms with van der Waals surface area (Å²) in [7, 11) is 0. The molecule has 0 aliphatic heterocycles. The van der Waals surface area contributed by atoms with Gasteiger partial charge in [-0.15, -0.1) is 22.7 Å². The van der Waals surface area contributed by atoms with Crippen LogP contribution in [-0.4, -0.2) is 24.1 Å². The summed E-state index contributed by atoms with van der Waals surface area (Å²) in [6, 6.07) is 78.1. The largest absolute Gasteiger partial charge is 0.309 e. The fraction of sp³-hybridized carbons (Fsp3) is 0. The number of hydrogen-bond acceptors (Lipinski definition) is 7. The second kappa shape index (κ2) is 16.4. The number of fused-ring (bicyclic) bond motifs is 14. The maximum atomic E-state index is 11.0. The normalized spacial score (nSPS) is 11.8. The van der Waals surface area contributed by atoms with Crippen molar-refractivity contribution in [1.82, 2.24) is 24.1 Å². The molecule has 0 saturated heterocycles. The molecule has 0 N–H and O–H groups in total. The lowest BCUT2D eigenvalue weighted by Gasteiger charge is -2.17. The van der Waals surface area contributed by atoms with Crippen LogP contribution in [0.1, 0.15) is 11.1 Å². The van der Waals surface area contributed by atoms with E-state index in [1.54, 1.807) is 0 Å². The van der Waals surface area contributed by atoms with Crippen LogP contribution in [-0.2, 0) is 0 Å². The summed E-state index contributed by atoms with van der Waals surface area (Å²) in [4.78, 5) is 15.5. The number of aromatic nitrogens is 5. The Morgan fingerprint density at radius 1 is 0.338 bits per heavy atom. The zero-order valence-corrected chi connectivity index (χ0v) is 40.8. The van der Waals surface area contributed by atoms with E-state index in [-0.39, 0.29) is 0 Å². The van der Waals surface area contributed by atoms with Gasteiger partial charge in [0.15, 0.2) is 17.5 Å². The fourth-order valence-electron chi connectivity index (χ4n) is 11.2. The Bertz CT molecular complexity index is 4950. The second-order valence-electron chi connectivity index (χ2n) is 18.5. The lowest BCUT2D eigenvalue weighted by molar-refractivity contribution is 1.07. The third kappa shape index (κ3) is 6.25. The number of nitriles is 2. The maximum absolute atomic E-state index is 11.0. The van der Waals surface area contributed by atoms with Gasteiger partial charge in [0.25, 0.3) is 0 Å². The highest BCUT2D eigenvalue weighted by molar-refractivity contribution is 7.27. The van der Waals surface area contributed by atoms with E-state index >= 15 is 0 Å². The van der Waals surface area contributed by atoms with E-state index in [1.165, 1.54) is 51.1 Å². The summed E-state index contributed by atoms with van der Waals surface area (Å²) in [5.41, 5.74) is 10.9. The van der Waals surface area contributed by atoms with Crippen molar-refractivity contribution in [2.45, 2.75) is 0 Å². The van der Waals surface area contributed by atoms with Crippen LogP contribution in [0, 0.1) is 22.7 Å². The third-order valence-corrected chi connectivity index (χ3v) is 16.9. The van der Waals surface area contributed by atoms with Gasteiger partial charge in [0.05, 0.1) is 50.6 Å². The van der Waals surface area contributed by atoms with Crippen molar-refractivity contribution in [2.24, 2.45) is 0 Å². The van der Waals surface area contributed by atoms with Crippen molar-refractivity contribution in [3.05, 3.63) is 223 Å². The molecule has 7 nitrogen and oxygen atoms in total. The first-order valence-electron chi connectivity index (χ1n) is 24.3. The van der Waals surface area contributed by atoms with Crippen molar-refractivity contribution in [3.63, 3.8) is 0 Å². The van der Waals surface area contributed by atoms with Gasteiger partial charge < -0.3 is 9.13 Å². The van der Waals surface area contributed by atoms with E-state index in [1.807, 2.05) is 95.5 Å². The number of hydrogen-bond donors (Lipinski definition) is 0. The van der Waals surface area contributed by atoms with Crippen molar-refractivity contribution in [3.8, 4) is 68.8 Å². The highest BCUT2D eigenvalue weighted by Gasteiger charge is 2.24. The molecule has 0 bridgehead atoms. The Kier molecular flexibility index (Phi) is 9.29. The minimum atomic E-state index is 0.434. The molecule has 0 fully saturated rings. The topological polar surface area (TPSA) is 96.1 Å². The molecular formula is C65H35N7S2. The van der Waals surface area contributed by atoms with E-state index in [9.17, 15) is 10.5 Å². The fourth-order valence-corrected chi connectivity index (χ4v) is 13.7. The maximum Gasteiger partial charge on any atom is 0.164 e. The molecule has 0 aliphatic rings. The van der Waals surface area contributed by atoms with E-state index in [4.69, 9.17) is 15.0 Å².